The van der Waals surface area contributed by atoms with Crippen LogP contribution in [-0.4, -0.2) is 30.9 Å². The van der Waals surface area contributed by atoms with Crippen molar-refractivity contribution in [3.8, 4) is 0 Å². The summed E-state index contributed by atoms with van der Waals surface area (Å²) in [5.74, 6) is -0.305. The number of hydrogen-bond acceptors (Lipinski definition) is 3. The lowest BCUT2D eigenvalue weighted by Crippen LogP contribution is -2.38. The Bertz CT molecular complexity index is 475. The van der Waals surface area contributed by atoms with E-state index in [1.807, 2.05) is 0 Å². The molecule has 0 saturated heterocycles. The monoisotopic (exact) mass is 281 g/mol. The van der Waals surface area contributed by atoms with Gasteiger partial charge in [0.25, 0.3) is 0 Å². The van der Waals surface area contributed by atoms with Gasteiger partial charge in [0.1, 0.15) is 0 Å². The second kappa shape index (κ2) is 6.54. The van der Waals surface area contributed by atoms with Crippen LogP contribution < -0.4 is 16.0 Å². The quantitative estimate of drug-likeness (QED) is 0.732. The van der Waals surface area contributed by atoms with Gasteiger partial charge in [-0.3, -0.25) is 14.9 Å². The van der Waals surface area contributed by atoms with Gasteiger partial charge in [-0.15, -0.1) is 0 Å². The third kappa shape index (κ3) is 4.89. The van der Waals surface area contributed by atoms with E-state index in [2.05, 4.69) is 16.0 Å². The zero-order valence-corrected chi connectivity index (χ0v) is 11.2. The van der Waals surface area contributed by atoms with Gasteiger partial charge in [0, 0.05) is 6.04 Å². The Hall–Kier alpha value is -1.59. The van der Waals surface area contributed by atoms with Crippen LogP contribution in [0.25, 0.3) is 0 Å². The minimum atomic E-state index is -0.229. The summed E-state index contributed by atoms with van der Waals surface area (Å²) in [6.45, 7) is 0.218. The average Bonchev–Trinajstić information content (AvgIpc) is 3.16. The largest absolute Gasteiger partial charge is 0.352 e. The summed E-state index contributed by atoms with van der Waals surface area (Å²) in [5, 5.41) is 8.78. The highest BCUT2D eigenvalue weighted by Gasteiger charge is 2.22. The van der Waals surface area contributed by atoms with Gasteiger partial charge in [0.05, 0.1) is 23.8 Å². The molecule has 0 radical (unpaired) electrons. The molecule has 0 bridgehead atoms. The molecule has 3 N–H and O–H groups in total. The van der Waals surface area contributed by atoms with E-state index in [1.54, 1.807) is 24.3 Å². The van der Waals surface area contributed by atoms with Crippen LogP contribution >= 0.6 is 11.6 Å². The number of amides is 2. The van der Waals surface area contributed by atoms with E-state index in [4.69, 9.17) is 11.6 Å². The number of anilines is 1. The van der Waals surface area contributed by atoms with E-state index in [0.717, 1.165) is 12.8 Å². The zero-order chi connectivity index (χ0) is 13.7. The number of nitrogens with one attached hydrogen (secondary N) is 3. The molecule has 0 aromatic heterocycles. The van der Waals surface area contributed by atoms with E-state index < -0.39 is 0 Å². The van der Waals surface area contributed by atoms with Crippen molar-refractivity contribution in [1.82, 2.24) is 10.6 Å². The van der Waals surface area contributed by atoms with Crippen molar-refractivity contribution in [2.45, 2.75) is 18.9 Å². The van der Waals surface area contributed by atoms with Crippen LogP contribution in [0.5, 0.6) is 0 Å². The van der Waals surface area contributed by atoms with Crippen LogP contribution in [0.1, 0.15) is 12.8 Å². The lowest BCUT2D eigenvalue weighted by molar-refractivity contribution is -0.120. The van der Waals surface area contributed by atoms with Crippen LogP contribution in [-0.2, 0) is 9.59 Å². The van der Waals surface area contributed by atoms with Gasteiger partial charge in [0.15, 0.2) is 0 Å². The summed E-state index contributed by atoms with van der Waals surface area (Å²) in [6, 6.07) is 7.34. The summed E-state index contributed by atoms with van der Waals surface area (Å²) in [5.41, 5.74) is 0.568. The molecule has 19 heavy (non-hydrogen) atoms. The van der Waals surface area contributed by atoms with Gasteiger partial charge in [-0.2, -0.15) is 0 Å². The van der Waals surface area contributed by atoms with Crippen molar-refractivity contribution in [3.63, 3.8) is 0 Å². The number of hydrogen-bond donors (Lipinski definition) is 3. The van der Waals surface area contributed by atoms with Gasteiger partial charge in [-0.25, -0.2) is 0 Å². The van der Waals surface area contributed by atoms with Gasteiger partial charge < -0.3 is 10.6 Å². The average molecular weight is 282 g/mol. The first kappa shape index (κ1) is 13.8. The number of rotatable bonds is 6. The van der Waals surface area contributed by atoms with Gasteiger partial charge >= 0.3 is 0 Å². The van der Waals surface area contributed by atoms with Crippen molar-refractivity contribution >= 4 is 29.1 Å². The Balaban J connectivity index is 1.66. The molecule has 1 fully saturated rings. The molecule has 0 atom stereocenters. The van der Waals surface area contributed by atoms with Gasteiger partial charge in [-0.1, -0.05) is 23.7 Å². The Labute approximate surface area is 116 Å². The zero-order valence-electron chi connectivity index (χ0n) is 10.4. The molecule has 5 nitrogen and oxygen atoms in total. The number of benzene rings is 1. The molecule has 2 amide bonds. The third-order valence-corrected chi connectivity index (χ3v) is 2.99. The Morgan fingerprint density at radius 1 is 1.16 bits per heavy atom. The summed E-state index contributed by atoms with van der Waals surface area (Å²) < 4.78 is 0. The maximum absolute atomic E-state index is 11.6. The molecule has 1 aromatic carbocycles. The van der Waals surface area contributed by atoms with Crippen LogP contribution in [0.4, 0.5) is 5.69 Å². The van der Waals surface area contributed by atoms with Crippen molar-refractivity contribution in [3.05, 3.63) is 29.3 Å². The lowest BCUT2D eigenvalue weighted by atomic mass is 10.3. The molecule has 1 saturated carbocycles. The van der Waals surface area contributed by atoms with Crippen LogP contribution in [0.3, 0.4) is 0 Å². The second-order valence-corrected chi connectivity index (χ2v) is 4.88. The molecular formula is C13H16ClN3O2. The summed E-state index contributed by atoms with van der Waals surface area (Å²) in [6.07, 6.45) is 2.11. The Morgan fingerprint density at radius 2 is 1.84 bits per heavy atom. The Morgan fingerprint density at radius 3 is 2.53 bits per heavy atom. The van der Waals surface area contributed by atoms with E-state index in [1.165, 1.54) is 0 Å². The van der Waals surface area contributed by atoms with Gasteiger partial charge in [0.2, 0.25) is 11.8 Å². The molecule has 0 aliphatic heterocycles. The summed E-state index contributed by atoms with van der Waals surface area (Å²) in [4.78, 5) is 23.0. The molecule has 0 heterocycles. The fourth-order valence-electron chi connectivity index (χ4n) is 1.55. The lowest BCUT2D eigenvalue weighted by Gasteiger charge is -2.08. The van der Waals surface area contributed by atoms with Crippen molar-refractivity contribution in [2.24, 2.45) is 0 Å². The molecule has 0 spiro atoms. The number of carbonyl (C=O) groups is 2. The number of para-hydroxylation sites is 1. The van der Waals surface area contributed by atoms with Crippen molar-refractivity contribution < 1.29 is 9.59 Å². The fourth-order valence-corrected chi connectivity index (χ4v) is 1.74. The molecule has 1 aliphatic carbocycles. The van der Waals surface area contributed by atoms with Crippen LogP contribution in [0.2, 0.25) is 5.02 Å². The predicted molar refractivity (Wildman–Crippen MR) is 74.1 cm³/mol. The molecule has 2 rings (SSSR count). The smallest absolute Gasteiger partial charge is 0.238 e. The topological polar surface area (TPSA) is 70.2 Å². The third-order valence-electron chi connectivity index (χ3n) is 2.66. The molecule has 0 unspecified atom stereocenters. The molecule has 102 valence electrons. The number of carbonyl (C=O) groups excluding carboxylic acids is 2. The van der Waals surface area contributed by atoms with Crippen molar-refractivity contribution in [1.29, 1.82) is 0 Å². The first-order valence-electron chi connectivity index (χ1n) is 6.19. The standard InChI is InChI=1S/C13H16ClN3O2/c14-10-3-1-2-4-11(10)17-13(19)8-15-7-12(18)16-9-5-6-9/h1-4,9,15H,5-8H2,(H,16,18)(H,17,19). The fraction of sp³-hybridized carbons (Fsp3) is 0.385. The highest BCUT2D eigenvalue weighted by molar-refractivity contribution is 6.33. The summed E-state index contributed by atoms with van der Waals surface area (Å²) in [7, 11) is 0. The molecular weight excluding hydrogens is 266 g/mol. The highest BCUT2D eigenvalue weighted by Crippen LogP contribution is 2.20. The van der Waals surface area contributed by atoms with Gasteiger partial charge in [-0.05, 0) is 25.0 Å². The van der Waals surface area contributed by atoms with E-state index in [9.17, 15) is 9.59 Å². The first-order chi connectivity index (χ1) is 9.15. The van der Waals surface area contributed by atoms with E-state index >= 15 is 0 Å². The van der Waals surface area contributed by atoms with Crippen LogP contribution in [0, 0.1) is 0 Å². The summed E-state index contributed by atoms with van der Waals surface area (Å²) >= 11 is 5.92. The normalized spacial score (nSPS) is 13.9. The van der Waals surface area contributed by atoms with Crippen LogP contribution in [0.15, 0.2) is 24.3 Å². The molecule has 1 aromatic rings. The molecule has 1 aliphatic rings. The SMILES string of the molecule is O=C(CNCC(=O)NC1CC1)Nc1ccccc1Cl. The van der Waals surface area contributed by atoms with E-state index in [0.29, 0.717) is 16.8 Å². The first-order valence-corrected chi connectivity index (χ1v) is 6.57. The maximum atomic E-state index is 11.6. The minimum absolute atomic E-state index is 0.0727. The molecule has 6 heteroatoms. The Kier molecular flexibility index (Phi) is 4.76. The highest BCUT2D eigenvalue weighted by atomic mass is 35.5. The maximum Gasteiger partial charge on any atom is 0.238 e. The van der Waals surface area contributed by atoms with E-state index in [-0.39, 0.29) is 24.9 Å². The number of halogens is 1. The van der Waals surface area contributed by atoms with Crippen molar-refractivity contribution in [2.75, 3.05) is 18.4 Å². The minimum Gasteiger partial charge on any atom is -0.352 e. The predicted octanol–water partition coefficient (Wildman–Crippen LogP) is 1.15. The second-order valence-electron chi connectivity index (χ2n) is 4.47.